The van der Waals surface area contributed by atoms with Crippen molar-refractivity contribution in [3.63, 3.8) is 0 Å². The first-order valence-electron chi connectivity index (χ1n) is 7.99. The van der Waals surface area contributed by atoms with Crippen molar-refractivity contribution in [2.75, 3.05) is 13.3 Å². The highest BCUT2D eigenvalue weighted by Crippen LogP contribution is 2.32. The van der Waals surface area contributed by atoms with Crippen LogP contribution in [0.1, 0.15) is 41.5 Å². The molecule has 0 amide bonds. The van der Waals surface area contributed by atoms with Gasteiger partial charge in [-0.1, -0.05) is 24.3 Å². The zero-order chi connectivity index (χ0) is 18.6. The summed E-state index contributed by atoms with van der Waals surface area (Å²) in [4.78, 5) is 24.9. The van der Waals surface area contributed by atoms with Gasteiger partial charge in [0.2, 0.25) is 0 Å². The molecule has 0 aliphatic carbocycles. The molecule has 5 heteroatoms. The third-order valence-corrected chi connectivity index (χ3v) is 4.28. The van der Waals surface area contributed by atoms with Crippen molar-refractivity contribution >= 4 is 19.4 Å². The minimum absolute atomic E-state index is 0.0210. The third kappa shape index (κ3) is 5.40. The Kier molecular flexibility index (Phi) is 5.97. The van der Waals surface area contributed by atoms with Crippen LogP contribution in [0.4, 0.5) is 0 Å². The molecule has 0 aliphatic rings. The normalized spacial score (nSPS) is 11.3. The summed E-state index contributed by atoms with van der Waals surface area (Å²) in [7, 11) is -0.826. The van der Waals surface area contributed by atoms with E-state index in [1.807, 2.05) is 34.1 Å². The maximum absolute atomic E-state index is 12.6. The van der Waals surface area contributed by atoms with Crippen molar-refractivity contribution in [2.24, 2.45) is 0 Å². The van der Waals surface area contributed by atoms with Gasteiger partial charge >= 0.3 is 5.97 Å². The molecule has 0 saturated carbocycles. The number of ether oxygens (including phenoxy) is 2. The third-order valence-electron chi connectivity index (χ3n) is 3.22. The predicted octanol–water partition coefficient (Wildman–Crippen LogP) is 4.96. The first kappa shape index (κ1) is 19.1. The minimum Gasteiger partial charge on any atom is -0.488 e. The van der Waals surface area contributed by atoms with Gasteiger partial charge in [-0.3, -0.25) is 4.79 Å². The van der Waals surface area contributed by atoms with Crippen LogP contribution in [-0.4, -0.2) is 30.4 Å². The molecule has 0 saturated heterocycles. The standard InChI is InChI=1S/C20H23O4P/c1-20(2,3)24-15-10-8-9-14(13-15)23-18(21)16-11-6-7-12-17(16)19(22)25(4)5/h6-13H,1-5H3. The molecule has 0 N–H and O–H groups in total. The van der Waals surface area contributed by atoms with Crippen LogP contribution in [0.15, 0.2) is 48.5 Å². The maximum atomic E-state index is 12.6. The van der Waals surface area contributed by atoms with Crippen molar-refractivity contribution < 1.29 is 19.1 Å². The van der Waals surface area contributed by atoms with Gasteiger partial charge < -0.3 is 9.47 Å². The van der Waals surface area contributed by atoms with Gasteiger partial charge in [0.15, 0.2) is 5.52 Å². The number of hydrogen-bond acceptors (Lipinski definition) is 4. The second-order valence-corrected chi connectivity index (χ2v) is 9.02. The second kappa shape index (κ2) is 7.79. The molecule has 0 atom stereocenters. The average Bonchev–Trinajstić information content (AvgIpc) is 2.52. The van der Waals surface area contributed by atoms with E-state index in [4.69, 9.17) is 9.47 Å². The molecular formula is C20H23O4P. The quantitative estimate of drug-likeness (QED) is 0.430. The highest BCUT2D eigenvalue weighted by atomic mass is 31.1. The fourth-order valence-corrected chi connectivity index (χ4v) is 2.88. The van der Waals surface area contributed by atoms with E-state index >= 15 is 0 Å². The molecule has 2 rings (SSSR count). The summed E-state index contributed by atoms with van der Waals surface area (Å²) in [5.74, 6) is 0.450. The van der Waals surface area contributed by atoms with Gasteiger partial charge in [0.05, 0.1) is 5.56 Å². The van der Waals surface area contributed by atoms with Gasteiger partial charge in [0.1, 0.15) is 17.1 Å². The lowest BCUT2D eigenvalue weighted by Gasteiger charge is -2.21. The first-order chi connectivity index (χ1) is 11.7. The Morgan fingerprint density at radius 3 is 2.08 bits per heavy atom. The van der Waals surface area contributed by atoms with Gasteiger partial charge in [-0.2, -0.15) is 0 Å². The summed E-state index contributed by atoms with van der Waals surface area (Å²) in [6.45, 7) is 9.57. The number of hydrogen-bond donors (Lipinski definition) is 0. The number of carbonyl (C=O) groups is 2. The molecule has 132 valence electrons. The van der Waals surface area contributed by atoms with Gasteiger partial charge in [-0.15, -0.1) is 0 Å². The van der Waals surface area contributed by atoms with Crippen LogP contribution in [0, 0.1) is 0 Å². The van der Waals surface area contributed by atoms with E-state index in [2.05, 4.69) is 0 Å². The van der Waals surface area contributed by atoms with E-state index in [9.17, 15) is 9.59 Å². The van der Waals surface area contributed by atoms with Crippen LogP contribution in [0.2, 0.25) is 0 Å². The van der Waals surface area contributed by atoms with E-state index < -0.39 is 13.9 Å². The molecule has 0 heterocycles. The molecular weight excluding hydrogens is 335 g/mol. The van der Waals surface area contributed by atoms with Crippen molar-refractivity contribution in [1.82, 2.24) is 0 Å². The van der Waals surface area contributed by atoms with E-state index in [-0.39, 0.29) is 16.7 Å². The number of esters is 1. The second-order valence-electron chi connectivity index (χ2n) is 6.82. The van der Waals surface area contributed by atoms with Crippen LogP contribution in [0.3, 0.4) is 0 Å². The Balaban J connectivity index is 2.24. The Labute approximate surface area is 149 Å². The lowest BCUT2D eigenvalue weighted by Crippen LogP contribution is -2.23. The van der Waals surface area contributed by atoms with Gasteiger partial charge in [0, 0.05) is 11.6 Å². The largest absolute Gasteiger partial charge is 0.488 e. The predicted molar refractivity (Wildman–Crippen MR) is 101 cm³/mol. The van der Waals surface area contributed by atoms with Crippen LogP contribution in [0.25, 0.3) is 0 Å². The zero-order valence-corrected chi connectivity index (χ0v) is 16.1. The van der Waals surface area contributed by atoms with Crippen LogP contribution >= 0.6 is 7.92 Å². The Morgan fingerprint density at radius 1 is 0.880 bits per heavy atom. The zero-order valence-electron chi connectivity index (χ0n) is 15.2. The van der Waals surface area contributed by atoms with E-state index in [1.54, 1.807) is 48.5 Å². The fourth-order valence-electron chi connectivity index (χ4n) is 2.21. The highest BCUT2D eigenvalue weighted by molar-refractivity contribution is 7.74. The topological polar surface area (TPSA) is 52.6 Å². The monoisotopic (exact) mass is 358 g/mol. The molecule has 0 fully saturated rings. The summed E-state index contributed by atoms with van der Waals surface area (Å²) in [6, 6.07) is 13.7. The van der Waals surface area contributed by atoms with Crippen LogP contribution < -0.4 is 9.47 Å². The summed E-state index contributed by atoms with van der Waals surface area (Å²) in [6.07, 6.45) is 0. The summed E-state index contributed by atoms with van der Waals surface area (Å²) < 4.78 is 11.2. The molecule has 4 nitrogen and oxygen atoms in total. The maximum Gasteiger partial charge on any atom is 0.344 e. The number of carbonyl (C=O) groups excluding carboxylic acids is 2. The molecule has 2 aromatic rings. The van der Waals surface area contributed by atoms with E-state index in [0.717, 1.165) is 0 Å². The molecule has 0 aromatic heterocycles. The lowest BCUT2D eigenvalue weighted by atomic mass is 10.1. The Morgan fingerprint density at radius 2 is 1.48 bits per heavy atom. The smallest absolute Gasteiger partial charge is 0.344 e. The van der Waals surface area contributed by atoms with E-state index in [0.29, 0.717) is 17.1 Å². The molecule has 0 aliphatic heterocycles. The summed E-state index contributed by atoms with van der Waals surface area (Å²) in [5, 5.41) is 0. The minimum atomic E-state index is -0.826. The number of benzene rings is 2. The molecule has 25 heavy (non-hydrogen) atoms. The first-order valence-corrected chi connectivity index (χ1v) is 10.2. The van der Waals surface area contributed by atoms with E-state index in [1.165, 1.54) is 0 Å². The van der Waals surface area contributed by atoms with Gasteiger partial charge in [0.25, 0.3) is 0 Å². The lowest BCUT2D eigenvalue weighted by molar-refractivity contribution is 0.0730. The van der Waals surface area contributed by atoms with Crippen LogP contribution in [-0.2, 0) is 0 Å². The molecule has 0 bridgehead atoms. The van der Waals surface area contributed by atoms with Crippen molar-refractivity contribution in [3.05, 3.63) is 59.7 Å². The number of rotatable bonds is 5. The summed E-state index contributed by atoms with van der Waals surface area (Å²) >= 11 is 0. The SMILES string of the molecule is CP(C)C(=O)c1ccccc1C(=O)Oc1cccc(OC(C)(C)C)c1. The highest BCUT2D eigenvalue weighted by Gasteiger charge is 2.20. The van der Waals surface area contributed by atoms with Crippen LogP contribution in [0.5, 0.6) is 11.5 Å². The van der Waals surface area contributed by atoms with Crippen molar-refractivity contribution in [1.29, 1.82) is 0 Å². The molecule has 0 unspecified atom stereocenters. The summed E-state index contributed by atoms with van der Waals surface area (Å²) in [5.41, 5.74) is 0.324. The Bertz CT molecular complexity index is 775. The van der Waals surface area contributed by atoms with Gasteiger partial charge in [-0.25, -0.2) is 4.79 Å². The molecule has 0 spiro atoms. The molecule has 2 aromatic carbocycles. The van der Waals surface area contributed by atoms with Gasteiger partial charge in [-0.05, 0) is 60.2 Å². The molecule has 0 radical (unpaired) electrons. The average molecular weight is 358 g/mol. The van der Waals surface area contributed by atoms with Crippen molar-refractivity contribution in [3.8, 4) is 11.5 Å². The van der Waals surface area contributed by atoms with Crippen molar-refractivity contribution in [2.45, 2.75) is 26.4 Å². The Hall–Kier alpha value is -2.19. The fraction of sp³-hybridized carbons (Fsp3) is 0.300.